The van der Waals surface area contributed by atoms with Crippen LogP contribution in [0.5, 0.6) is 0 Å². The number of benzene rings is 2. The molecule has 6 aromatic rings. The second-order valence-electron chi connectivity index (χ2n) is 10.4. The third kappa shape index (κ3) is 9.43. The van der Waals surface area contributed by atoms with Crippen molar-refractivity contribution in [3.8, 4) is 0 Å². The second kappa shape index (κ2) is 14.4. The van der Waals surface area contributed by atoms with E-state index < -0.39 is 17.2 Å². The van der Waals surface area contributed by atoms with Crippen LogP contribution in [0.4, 0.5) is 13.2 Å². The highest BCUT2D eigenvalue weighted by Gasteiger charge is 2.34. The maximum absolute atomic E-state index is 15.5. The van der Waals surface area contributed by atoms with Gasteiger partial charge in [-0.15, -0.1) is 0 Å². The van der Waals surface area contributed by atoms with Gasteiger partial charge >= 0.3 is 0 Å². The number of halogens is 5. The Morgan fingerprint density at radius 2 is 0.956 bits per heavy atom. The lowest BCUT2D eigenvalue weighted by molar-refractivity contribution is 0.100. The Balaban J connectivity index is 0.000000178. The lowest BCUT2D eigenvalue weighted by Crippen LogP contribution is -2.37. The van der Waals surface area contributed by atoms with Gasteiger partial charge in [0.15, 0.2) is 11.3 Å². The van der Waals surface area contributed by atoms with Crippen LogP contribution in [0.1, 0.15) is 11.1 Å². The van der Waals surface area contributed by atoms with Crippen molar-refractivity contribution in [3.63, 3.8) is 0 Å². The molecule has 0 N–H and O–H groups in total. The van der Waals surface area contributed by atoms with E-state index in [1.165, 1.54) is 87.5 Å². The summed E-state index contributed by atoms with van der Waals surface area (Å²) in [5.74, 6) is -0.545. The van der Waals surface area contributed by atoms with E-state index in [9.17, 15) is 4.39 Å². The summed E-state index contributed by atoms with van der Waals surface area (Å²) in [5, 5.41) is 16.7. The Morgan fingerprint density at radius 3 is 1.33 bits per heavy atom. The van der Waals surface area contributed by atoms with Crippen LogP contribution in [-0.4, -0.2) is 70.4 Å². The Morgan fingerprint density at radius 1 is 0.556 bits per heavy atom. The number of hydrogen-bond acceptors (Lipinski definition) is 8. The number of rotatable bonds is 12. The van der Waals surface area contributed by atoms with Crippen LogP contribution in [-0.2, 0) is 39.0 Å². The summed E-state index contributed by atoms with van der Waals surface area (Å²) in [6, 6.07) is 11.3. The van der Waals surface area contributed by atoms with Crippen LogP contribution in [0, 0.1) is 5.82 Å². The summed E-state index contributed by atoms with van der Waals surface area (Å²) in [5.41, 5.74) is -2.31. The zero-order valence-electron chi connectivity index (χ0n) is 23.7. The van der Waals surface area contributed by atoms with Gasteiger partial charge in [-0.25, -0.2) is 51.8 Å². The quantitative estimate of drug-likeness (QED) is 0.189. The Bertz CT molecular complexity index is 1640. The SMILES string of the molecule is FC(Cc1ccc(Cl)cc1)(Cn1cncn1)Cn1cncn1.Fc1cc(Cl)ccc1CC(F)(Cn1cncn1)Cn1cncn1. The van der Waals surface area contributed by atoms with Crippen molar-refractivity contribution in [3.05, 3.63) is 120 Å². The van der Waals surface area contributed by atoms with E-state index in [2.05, 4.69) is 40.3 Å². The molecule has 0 saturated carbocycles. The van der Waals surface area contributed by atoms with E-state index in [1.807, 2.05) is 12.1 Å². The van der Waals surface area contributed by atoms with Gasteiger partial charge in [-0.3, -0.25) is 0 Å². The maximum Gasteiger partial charge on any atom is 0.154 e. The molecule has 2 aromatic carbocycles. The van der Waals surface area contributed by atoms with Gasteiger partial charge in [0.2, 0.25) is 0 Å². The zero-order chi connectivity index (χ0) is 31.7. The molecule has 4 aromatic heterocycles. The molecule has 0 radical (unpaired) electrons. The van der Waals surface area contributed by atoms with Gasteiger partial charge in [-0.05, 0) is 35.4 Å². The summed E-state index contributed by atoms with van der Waals surface area (Å²) in [4.78, 5) is 15.3. The van der Waals surface area contributed by atoms with Gasteiger partial charge in [-0.2, -0.15) is 20.4 Å². The summed E-state index contributed by atoms with van der Waals surface area (Å²) < 4.78 is 50.7. The standard InChI is InChI=1S/C14H13ClF2N6.C14H14ClFN6/c15-12-2-1-11(13(16)3-12)4-14(17,5-22-9-18-7-20-22)6-23-10-19-8-21-23;15-13-3-1-12(2-4-13)5-14(16,6-21-10-17-8-19-21)7-22-11-18-9-20-22/h1-3,7-10H,4-6H2;1-4,8-11H,5-7H2. The van der Waals surface area contributed by atoms with E-state index in [0.29, 0.717) is 5.02 Å². The van der Waals surface area contributed by atoms with Gasteiger partial charge in [0.05, 0.1) is 26.2 Å². The van der Waals surface area contributed by atoms with Gasteiger partial charge in [-0.1, -0.05) is 41.4 Å². The minimum absolute atomic E-state index is 0.0789. The molecule has 0 bridgehead atoms. The third-order valence-corrected chi connectivity index (χ3v) is 7.09. The summed E-state index contributed by atoms with van der Waals surface area (Å²) in [6.07, 6.45) is 11.3. The Hall–Kier alpha value is -4.63. The predicted molar refractivity (Wildman–Crippen MR) is 158 cm³/mol. The first kappa shape index (κ1) is 31.8. The monoisotopic (exact) mass is 658 g/mol. The zero-order valence-corrected chi connectivity index (χ0v) is 25.2. The Labute approximate surface area is 265 Å². The molecule has 6 rings (SSSR count). The van der Waals surface area contributed by atoms with Crippen LogP contribution < -0.4 is 0 Å². The van der Waals surface area contributed by atoms with E-state index >= 15 is 8.78 Å². The molecule has 0 atom stereocenters. The maximum atomic E-state index is 15.5. The number of aromatic nitrogens is 12. The van der Waals surface area contributed by atoms with E-state index in [1.54, 1.807) is 12.1 Å². The molecule has 0 aliphatic heterocycles. The minimum atomic E-state index is -1.82. The average molecular weight is 660 g/mol. The number of hydrogen-bond donors (Lipinski definition) is 0. The molecule has 0 aliphatic rings. The summed E-state index contributed by atoms with van der Waals surface area (Å²) in [6.45, 7) is -0.0190. The van der Waals surface area contributed by atoms with Crippen molar-refractivity contribution in [1.82, 2.24) is 59.1 Å². The molecule has 17 heteroatoms. The highest BCUT2D eigenvalue weighted by molar-refractivity contribution is 6.30. The molecule has 0 amide bonds. The number of alkyl halides is 2. The lowest BCUT2D eigenvalue weighted by Gasteiger charge is -2.25. The van der Waals surface area contributed by atoms with Gasteiger partial charge in [0, 0.05) is 22.9 Å². The fourth-order valence-corrected chi connectivity index (χ4v) is 5.00. The second-order valence-corrected chi connectivity index (χ2v) is 11.3. The molecule has 234 valence electrons. The van der Waals surface area contributed by atoms with Gasteiger partial charge in [0.1, 0.15) is 56.4 Å². The van der Waals surface area contributed by atoms with Crippen molar-refractivity contribution in [2.45, 2.75) is 50.4 Å². The molecule has 0 saturated heterocycles. The highest BCUT2D eigenvalue weighted by Crippen LogP contribution is 2.26. The number of nitrogens with zero attached hydrogens (tertiary/aromatic N) is 12. The fourth-order valence-electron chi connectivity index (χ4n) is 4.72. The normalized spacial score (nSPS) is 11.8. The molecule has 45 heavy (non-hydrogen) atoms. The molecule has 4 heterocycles. The Kier molecular flexibility index (Phi) is 10.2. The summed E-state index contributed by atoms with van der Waals surface area (Å²) in [7, 11) is 0. The molecular formula is C28H27Cl2F3N12. The summed E-state index contributed by atoms with van der Waals surface area (Å²) >= 11 is 11.6. The van der Waals surface area contributed by atoms with Crippen LogP contribution in [0.25, 0.3) is 0 Å². The largest absolute Gasteiger partial charge is 0.250 e. The molecular weight excluding hydrogens is 632 g/mol. The fraction of sp³-hybridized carbons (Fsp3) is 0.286. The first-order valence-corrected chi connectivity index (χ1v) is 14.3. The van der Waals surface area contributed by atoms with Crippen molar-refractivity contribution in [2.24, 2.45) is 0 Å². The van der Waals surface area contributed by atoms with E-state index in [4.69, 9.17) is 23.2 Å². The van der Waals surface area contributed by atoms with Crippen molar-refractivity contribution in [2.75, 3.05) is 0 Å². The van der Waals surface area contributed by atoms with Gasteiger partial charge < -0.3 is 0 Å². The van der Waals surface area contributed by atoms with Crippen molar-refractivity contribution < 1.29 is 13.2 Å². The highest BCUT2D eigenvalue weighted by atomic mass is 35.5. The van der Waals surface area contributed by atoms with E-state index in [-0.39, 0.29) is 49.6 Å². The van der Waals surface area contributed by atoms with E-state index in [0.717, 1.165) is 5.56 Å². The van der Waals surface area contributed by atoms with Crippen LogP contribution in [0.3, 0.4) is 0 Å². The first-order chi connectivity index (χ1) is 21.7. The topological polar surface area (TPSA) is 123 Å². The van der Waals surface area contributed by atoms with Gasteiger partial charge in [0.25, 0.3) is 0 Å². The van der Waals surface area contributed by atoms with Crippen LogP contribution >= 0.6 is 23.2 Å². The minimum Gasteiger partial charge on any atom is -0.250 e. The molecule has 0 spiro atoms. The third-order valence-electron chi connectivity index (χ3n) is 6.60. The molecule has 0 unspecified atom stereocenters. The predicted octanol–water partition coefficient (Wildman–Crippen LogP) is 4.49. The lowest BCUT2D eigenvalue weighted by atomic mass is 9.95. The van der Waals surface area contributed by atoms with Crippen LogP contribution in [0.15, 0.2) is 93.1 Å². The smallest absolute Gasteiger partial charge is 0.154 e. The van der Waals surface area contributed by atoms with Crippen molar-refractivity contribution in [1.29, 1.82) is 0 Å². The van der Waals surface area contributed by atoms with Crippen LogP contribution in [0.2, 0.25) is 10.0 Å². The average Bonchev–Trinajstić information content (AvgIpc) is 3.82. The molecule has 12 nitrogen and oxygen atoms in total. The molecule has 0 aliphatic carbocycles. The first-order valence-electron chi connectivity index (χ1n) is 13.5. The van der Waals surface area contributed by atoms with Crippen molar-refractivity contribution >= 4 is 23.2 Å². The molecule has 0 fully saturated rings.